The van der Waals surface area contributed by atoms with Gasteiger partial charge < -0.3 is 5.73 Å². The van der Waals surface area contributed by atoms with Gasteiger partial charge in [0.15, 0.2) is 5.82 Å². The minimum absolute atomic E-state index is 0.341. The van der Waals surface area contributed by atoms with Crippen LogP contribution < -0.4 is 5.73 Å². The van der Waals surface area contributed by atoms with Crippen LogP contribution in [0.4, 0.5) is 5.69 Å². The predicted molar refractivity (Wildman–Crippen MR) is 69.6 cm³/mol. The van der Waals surface area contributed by atoms with Crippen molar-refractivity contribution in [2.24, 2.45) is 5.41 Å². The Morgan fingerprint density at radius 3 is 2.78 bits per heavy atom. The Balaban J connectivity index is 1.94. The lowest BCUT2D eigenvalue weighted by molar-refractivity contribution is 0.126. The van der Waals surface area contributed by atoms with E-state index in [1.165, 1.54) is 19.3 Å². The normalized spacial score (nSPS) is 17.4. The first kappa shape index (κ1) is 11.2. The van der Waals surface area contributed by atoms with Crippen LogP contribution >= 0.6 is 0 Å². The van der Waals surface area contributed by atoms with Crippen molar-refractivity contribution in [3.05, 3.63) is 24.3 Å². The number of benzene rings is 1. The maximum Gasteiger partial charge on any atom is 0.184 e. The number of aromatic nitrogens is 4. The highest BCUT2D eigenvalue weighted by Crippen LogP contribution is 2.42. The minimum atomic E-state index is 0.341. The minimum Gasteiger partial charge on any atom is -0.398 e. The summed E-state index contributed by atoms with van der Waals surface area (Å²) in [5, 5.41) is 12.0. The van der Waals surface area contributed by atoms with Crippen LogP contribution in [0.3, 0.4) is 0 Å². The fourth-order valence-corrected chi connectivity index (χ4v) is 2.50. The Labute approximate surface area is 106 Å². The number of hydrogen-bond donors (Lipinski definition) is 1. The molecule has 5 nitrogen and oxygen atoms in total. The van der Waals surface area contributed by atoms with Crippen LogP contribution in [-0.4, -0.2) is 20.2 Å². The summed E-state index contributed by atoms with van der Waals surface area (Å²) in [4.78, 5) is 0. The van der Waals surface area contributed by atoms with Crippen molar-refractivity contribution in [2.45, 2.75) is 32.7 Å². The van der Waals surface area contributed by atoms with E-state index in [1.54, 1.807) is 0 Å². The molecule has 0 unspecified atom stereocenters. The number of nitrogens with zero attached hydrogens (tertiary/aromatic N) is 4. The van der Waals surface area contributed by atoms with Gasteiger partial charge in [-0.15, -0.1) is 5.10 Å². The fourth-order valence-electron chi connectivity index (χ4n) is 2.50. The van der Waals surface area contributed by atoms with Crippen molar-refractivity contribution < 1.29 is 0 Å². The van der Waals surface area contributed by atoms with E-state index in [4.69, 9.17) is 5.73 Å². The number of tetrazole rings is 1. The summed E-state index contributed by atoms with van der Waals surface area (Å²) in [7, 11) is 0. The standard InChI is InChI=1S/C13H17N5/c1-13(7-4-8-13)9-18-12(15-16-17-18)10-5-2-3-6-11(10)14/h2-3,5-6H,4,7-9,14H2,1H3. The highest BCUT2D eigenvalue weighted by Gasteiger charge is 2.33. The third kappa shape index (κ3) is 1.85. The maximum absolute atomic E-state index is 5.98. The second kappa shape index (κ2) is 4.08. The van der Waals surface area contributed by atoms with E-state index in [1.807, 2.05) is 28.9 Å². The van der Waals surface area contributed by atoms with E-state index in [0.717, 1.165) is 17.9 Å². The number of anilines is 1. The topological polar surface area (TPSA) is 69.6 Å². The number of hydrogen-bond acceptors (Lipinski definition) is 4. The van der Waals surface area contributed by atoms with Crippen molar-refractivity contribution in [2.75, 3.05) is 5.73 Å². The summed E-state index contributed by atoms with van der Waals surface area (Å²) in [5.74, 6) is 0.765. The van der Waals surface area contributed by atoms with Gasteiger partial charge in [-0.05, 0) is 40.8 Å². The van der Waals surface area contributed by atoms with Crippen molar-refractivity contribution in [1.82, 2.24) is 20.2 Å². The zero-order valence-electron chi connectivity index (χ0n) is 10.5. The molecule has 1 saturated carbocycles. The van der Waals surface area contributed by atoms with Crippen LogP contribution in [0.25, 0.3) is 11.4 Å². The number of para-hydroxylation sites is 1. The molecule has 1 aliphatic carbocycles. The fraction of sp³-hybridized carbons (Fsp3) is 0.462. The molecule has 5 heteroatoms. The highest BCUT2D eigenvalue weighted by molar-refractivity contribution is 5.70. The van der Waals surface area contributed by atoms with E-state index in [-0.39, 0.29) is 0 Å². The molecule has 3 rings (SSSR count). The van der Waals surface area contributed by atoms with Gasteiger partial charge in [-0.25, -0.2) is 4.68 Å². The second-order valence-electron chi connectivity index (χ2n) is 5.41. The number of nitrogens with two attached hydrogens (primary N) is 1. The van der Waals surface area contributed by atoms with Gasteiger partial charge in [-0.2, -0.15) is 0 Å². The molecule has 2 aromatic rings. The second-order valence-corrected chi connectivity index (χ2v) is 5.41. The smallest absolute Gasteiger partial charge is 0.184 e. The molecule has 1 fully saturated rings. The van der Waals surface area contributed by atoms with Crippen LogP contribution in [0.2, 0.25) is 0 Å². The Morgan fingerprint density at radius 2 is 2.11 bits per heavy atom. The van der Waals surface area contributed by atoms with E-state index < -0.39 is 0 Å². The lowest BCUT2D eigenvalue weighted by atomic mass is 9.70. The van der Waals surface area contributed by atoms with Gasteiger partial charge in [-0.3, -0.25) is 0 Å². The quantitative estimate of drug-likeness (QED) is 0.838. The van der Waals surface area contributed by atoms with E-state index >= 15 is 0 Å². The molecule has 1 aromatic carbocycles. The van der Waals surface area contributed by atoms with Crippen LogP contribution in [0.15, 0.2) is 24.3 Å². The first-order valence-electron chi connectivity index (χ1n) is 6.29. The van der Waals surface area contributed by atoms with Gasteiger partial charge in [0.1, 0.15) is 0 Å². The van der Waals surface area contributed by atoms with E-state index in [2.05, 4.69) is 22.4 Å². The summed E-state index contributed by atoms with van der Waals surface area (Å²) in [6.07, 6.45) is 3.80. The SMILES string of the molecule is CC1(Cn2nnnc2-c2ccccc2N)CCC1. The molecule has 0 atom stereocenters. The first-order chi connectivity index (χ1) is 8.68. The highest BCUT2D eigenvalue weighted by atomic mass is 15.5. The molecular formula is C13H17N5. The third-order valence-corrected chi connectivity index (χ3v) is 3.83. The van der Waals surface area contributed by atoms with Crippen molar-refractivity contribution >= 4 is 5.69 Å². The lowest BCUT2D eigenvalue weighted by Crippen LogP contribution is -2.31. The summed E-state index contributed by atoms with van der Waals surface area (Å²) >= 11 is 0. The molecule has 18 heavy (non-hydrogen) atoms. The molecule has 0 aliphatic heterocycles. The van der Waals surface area contributed by atoms with Gasteiger partial charge in [-0.1, -0.05) is 25.5 Å². The van der Waals surface area contributed by atoms with Crippen molar-refractivity contribution in [1.29, 1.82) is 0 Å². The van der Waals surface area contributed by atoms with Crippen LogP contribution in [0, 0.1) is 5.41 Å². The molecule has 0 spiro atoms. The van der Waals surface area contributed by atoms with Crippen LogP contribution in [0.1, 0.15) is 26.2 Å². The first-order valence-corrected chi connectivity index (χ1v) is 6.29. The predicted octanol–water partition coefficient (Wildman–Crippen LogP) is 2.11. The molecule has 0 radical (unpaired) electrons. The van der Waals surface area contributed by atoms with Crippen LogP contribution in [-0.2, 0) is 6.54 Å². The van der Waals surface area contributed by atoms with Crippen molar-refractivity contribution in [3.8, 4) is 11.4 Å². The summed E-state index contributed by atoms with van der Waals surface area (Å²) in [6.45, 7) is 3.15. The average Bonchev–Trinajstić information content (AvgIpc) is 2.75. The molecule has 1 aromatic heterocycles. The largest absolute Gasteiger partial charge is 0.398 e. The van der Waals surface area contributed by atoms with Gasteiger partial charge >= 0.3 is 0 Å². The Kier molecular flexibility index (Phi) is 2.54. The van der Waals surface area contributed by atoms with Crippen molar-refractivity contribution in [3.63, 3.8) is 0 Å². The summed E-state index contributed by atoms with van der Waals surface area (Å²) in [5.41, 5.74) is 7.95. The number of nitrogen functional groups attached to an aromatic ring is 1. The molecular weight excluding hydrogens is 226 g/mol. The summed E-state index contributed by atoms with van der Waals surface area (Å²) < 4.78 is 1.88. The molecule has 1 aliphatic rings. The van der Waals surface area contributed by atoms with Gasteiger partial charge in [0.25, 0.3) is 0 Å². The molecule has 0 bridgehead atoms. The average molecular weight is 243 g/mol. The Bertz CT molecular complexity index is 556. The maximum atomic E-state index is 5.98. The molecule has 94 valence electrons. The molecule has 2 N–H and O–H groups in total. The Morgan fingerprint density at radius 1 is 1.33 bits per heavy atom. The van der Waals surface area contributed by atoms with Gasteiger partial charge in [0.2, 0.25) is 0 Å². The van der Waals surface area contributed by atoms with E-state index in [0.29, 0.717) is 11.1 Å². The Hall–Kier alpha value is -1.91. The molecule has 0 amide bonds. The lowest BCUT2D eigenvalue weighted by Gasteiger charge is -2.38. The molecule has 0 saturated heterocycles. The zero-order valence-corrected chi connectivity index (χ0v) is 10.5. The zero-order chi connectivity index (χ0) is 12.6. The van der Waals surface area contributed by atoms with Gasteiger partial charge in [0.05, 0.1) is 6.54 Å². The number of rotatable bonds is 3. The monoisotopic (exact) mass is 243 g/mol. The third-order valence-electron chi connectivity index (χ3n) is 3.83. The summed E-state index contributed by atoms with van der Waals surface area (Å²) in [6, 6.07) is 7.70. The van der Waals surface area contributed by atoms with E-state index in [9.17, 15) is 0 Å². The molecule has 1 heterocycles. The van der Waals surface area contributed by atoms with Gasteiger partial charge in [0, 0.05) is 11.3 Å². The van der Waals surface area contributed by atoms with Crippen LogP contribution in [0.5, 0.6) is 0 Å².